The van der Waals surface area contributed by atoms with Crippen LogP contribution in [0.25, 0.3) is 0 Å². The molecule has 1 heterocycles. The van der Waals surface area contributed by atoms with Crippen molar-refractivity contribution in [2.24, 2.45) is 0 Å². The SMILES string of the molecule is COc1ccc(CN(C(=O)CN2C(=O)NC(C)(c3ccc(OC)cc3)C2=O)C2CC2)cc1. The van der Waals surface area contributed by atoms with Gasteiger partial charge in [-0.1, -0.05) is 24.3 Å². The van der Waals surface area contributed by atoms with Crippen LogP contribution in [0.2, 0.25) is 0 Å². The van der Waals surface area contributed by atoms with Crippen molar-refractivity contribution < 1.29 is 23.9 Å². The van der Waals surface area contributed by atoms with Crippen molar-refractivity contribution in [2.75, 3.05) is 20.8 Å². The number of nitrogens with zero attached hydrogens (tertiary/aromatic N) is 2. The lowest BCUT2D eigenvalue weighted by Crippen LogP contribution is -2.45. The fourth-order valence-electron chi connectivity index (χ4n) is 3.92. The largest absolute Gasteiger partial charge is 0.497 e. The highest BCUT2D eigenvalue weighted by Crippen LogP contribution is 2.32. The van der Waals surface area contributed by atoms with E-state index in [1.165, 1.54) is 0 Å². The average Bonchev–Trinajstić information content (AvgIpc) is 3.62. The van der Waals surface area contributed by atoms with E-state index in [9.17, 15) is 14.4 Å². The maximum absolute atomic E-state index is 13.2. The minimum atomic E-state index is -1.23. The van der Waals surface area contributed by atoms with E-state index in [4.69, 9.17) is 9.47 Å². The molecular formula is C24H27N3O5. The highest BCUT2D eigenvalue weighted by atomic mass is 16.5. The number of nitrogens with one attached hydrogen (secondary N) is 1. The highest BCUT2D eigenvalue weighted by Gasteiger charge is 2.50. The Bertz CT molecular complexity index is 1020. The Balaban J connectivity index is 1.48. The Morgan fingerprint density at radius 2 is 1.59 bits per heavy atom. The van der Waals surface area contributed by atoms with E-state index in [0.29, 0.717) is 17.9 Å². The van der Waals surface area contributed by atoms with Gasteiger partial charge < -0.3 is 19.7 Å². The Labute approximate surface area is 187 Å². The highest BCUT2D eigenvalue weighted by molar-refractivity contribution is 6.09. The van der Waals surface area contributed by atoms with Crippen LogP contribution >= 0.6 is 0 Å². The van der Waals surface area contributed by atoms with Gasteiger partial charge in [0.25, 0.3) is 5.91 Å². The van der Waals surface area contributed by atoms with Gasteiger partial charge in [-0.2, -0.15) is 0 Å². The number of ether oxygens (including phenoxy) is 2. The van der Waals surface area contributed by atoms with Crippen molar-refractivity contribution in [3.63, 3.8) is 0 Å². The molecule has 8 nitrogen and oxygen atoms in total. The van der Waals surface area contributed by atoms with Crippen molar-refractivity contribution >= 4 is 17.8 Å². The number of urea groups is 1. The number of imide groups is 1. The molecule has 1 aliphatic carbocycles. The second-order valence-electron chi connectivity index (χ2n) is 8.28. The molecule has 2 aromatic carbocycles. The van der Waals surface area contributed by atoms with Crippen LogP contribution in [0.5, 0.6) is 11.5 Å². The van der Waals surface area contributed by atoms with Crippen LogP contribution in [0.3, 0.4) is 0 Å². The Kier molecular flexibility index (Phi) is 5.78. The molecule has 0 radical (unpaired) electrons. The molecule has 1 unspecified atom stereocenters. The minimum absolute atomic E-state index is 0.137. The van der Waals surface area contributed by atoms with Crippen molar-refractivity contribution in [3.05, 3.63) is 59.7 Å². The third-order valence-corrected chi connectivity index (χ3v) is 6.06. The summed E-state index contributed by atoms with van der Waals surface area (Å²) >= 11 is 0. The lowest BCUT2D eigenvalue weighted by atomic mass is 9.92. The minimum Gasteiger partial charge on any atom is -0.497 e. The number of rotatable bonds is 8. The van der Waals surface area contributed by atoms with Gasteiger partial charge in [0.15, 0.2) is 0 Å². The second kappa shape index (κ2) is 8.53. The number of hydrogen-bond acceptors (Lipinski definition) is 5. The van der Waals surface area contributed by atoms with Gasteiger partial charge in [-0.05, 0) is 55.2 Å². The molecule has 2 aliphatic rings. The summed E-state index contributed by atoms with van der Waals surface area (Å²) in [5.74, 6) is 0.710. The molecule has 168 valence electrons. The first kappa shape index (κ1) is 21.7. The van der Waals surface area contributed by atoms with Crippen LogP contribution in [-0.2, 0) is 21.7 Å². The smallest absolute Gasteiger partial charge is 0.325 e. The summed E-state index contributed by atoms with van der Waals surface area (Å²) in [5.41, 5.74) is 0.361. The second-order valence-corrected chi connectivity index (χ2v) is 8.28. The molecular weight excluding hydrogens is 410 g/mol. The molecule has 8 heteroatoms. The molecule has 2 aromatic rings. The number of carbonyl (C=O) groups excluding carboxylic acids is 3. The van der Waals surface area contributed by atoms with Gasteiger partial charge in [0, 0.05) is 12.6 Å². The first-order chi connectivity index (χ1) is 15.4. The van der Waals surface area contributed by atoms with Gasteiger partial charge in [-0.15, -0.1) is 0 Å². The van der Waals surface area contributed by atoms with Gasteiger partial charge in [0.05, 0.1) is 14.2 Å². The molecule has 0 spiro atoms. The molecule has 2 fully saturated rings. The van der Waals surface area contributed by atoms with Crippen molar-refractivity contribution in [2.45, 2.75) is 37.9 Å². The van der Waals surface area contributed by atoms with Crippen molar-refractivity contribution in [1.29, 1.82) is 0 Å². The number of hydrogen-bond donors (Lipinski definition) is 1. The third kappa shape index (κ3) is 4.12. The van der Waals surface area contributed by atoms with Crippen LogP contribution in [0.4, 0.5) is 4.79 Å². The summed E-state index contributed by atoms with van der Waals surface area (Å²) in [6.07, 6.45) is 1.84. The molecule has 32 heavy (non-hydrogen) atoms. The van der Waals surface area contributed by atoms with Gasteiger partial charge in [0.2, 0.25) is 5.91 Å². The summed E-state index contributed by atoms with van der Waals surface area (Å²) in [6.45, 7) is 1.78. The summed E-state index contributed by atoms with van der Waals surface area (Å²) in [4.78, 5) is 41.8. The first-order valence-electron chi connectivity index (χ1n) is 10.6. The quantitative estimate of drug-likeness (QED) is 0.642. The van der Waals surface area contributed by atoms with Gasteiger partial charge >= 0.3 is 6.03 Å². The van der Waals surface area contributed by atoms with Crippen LogP contribution < -0.4 is 14.8 Å². The Morgan fingerprint density at radius 3 is 2.12 bits per heavy atom. The molecule has 4 rings (SSSR count). The van der Waals surface area contributed by atoms with E-state index < -0.39 is 17.5 Å². The lowest BCUT2D eigenvalue weighted by Gasteiger charge is -2.25. The normalized spacial score (nSPS) is 20.2. The van der Waals surface area contributed by atoms with Crippen LogP contribution in [-0.4, -0.2) is 54.5 Å². The maximum Gasteiger partial charge on any atom is 0.325 e. The van der Waals surface area contributed by atoms with E-state index in [1.54, 1.807) is 50.3 Å². The molecule has 4 amide bonds. The van der Waals surface area contributed by atoms with Crippen molar-refractivity contribution in [1.82, 2.24) is 15.1 Å². The van der Waals surface area contributed by atoms with Crippen LogP contribution in [0.15, 0.2) is 48.5 Å². The number of amides is 4. The molecule has 0 bridgehead atoms. The summed E-state index contributed by atoms with van der Waals surface area (Å²) in [5, 5.41) is 2.75. The molecule has 1 atom stereocenters. The first-order valence-corrected chi connectivity index (χ1v) is 10.6. The predicted octanol–water partition coefficient (Wildman–Crippen LogP) is 2.66. The standard InChI is InChI=1S/C24H27N3O5/c1-24(17-6-12-20(32-3)13-7-17)22(29)27(23(30)25-24)15-21(28)26(18-8-9-18)14-16-4-10-19(31-2)11-5-16/h4-7,10-13,18H,8-9,14-15H2,1-3H3,(H,25,30). The number of benzene rings is 2. The molecule has 0 aromatic heterocycles. The molecule has 1 N–H and O–H groups in total. The predicted molar refractivity (Wildman–Crippen MR) is 117 cm³/mol. The fraction of sp³-hybridized carbons (Fsp3) is 0.375. The zero-order valence-electron chi connectivity index (χ0n) is 18.5. The van der Waals surface area contributed by atoms with E-state index in [1.807, 2.05) is 24.3 Å². The summed E-state index contributed by atoms with van der Waals surface area (Å²) in [6, 6.07) is 14.0. The summed E-state index contributed by atoms with van der Waals surface area (Å²) in [7, 11) is 3.16. The van der Waals surface area contributed by atoms with E-state index in [0.717, 1.165) is 29.1 Å². The number of carbonyl (C=O) groups is 3. The van der Waals surface area contributed by atoms with Crippen LogP contribution in [0.1, 0.15) is 30.9 Å². The third-order valence-electron chi connectivity index (χ3n) is 6.06. The monoisotopic (exact) mass is 437 g/mol. The maximum atomic E-state index is 13.2. The van der Waals surface area contributed by atoms with Gasteiger partial charge in [-0.25, -0.2) is 4.79 Å². The zero-order chi connectivity index (χ0) is 22.9. The van der Waals surface area contributed by atoms with Gasteiger partial charge in [0.1, 0.15) is 23.6 Å². The zero-order valence-corrected chi connectivity index (χ0v) is 18.5. The topological polar surface area (TPSA) is 88.2 Å². The summed E-state index contributed by atoms with van der Waals surface area (Å²) < 4.78 is 10.3. The van der Waals surface area contributed by atoms with Gasteiger partial charge in [-0.3, -0.25) is 14.5 Å². The lowest BCUT2D eigenvalue weighted by molar-refractivity contribution is -0.139. The fourth-order valence-corrected chi connectivity index (χ4v) is 3.92. The Hall–Kier alpha value is -3.55. The van der Waals surface area contributed by atoms with E-state index in [-0.39, 0.29) is 18.5 Å². The van der Waals surface area contributed by atoms with E-state index in [2.05, 4.69) is 5.32 Å². The average molecular weight is 437 g/mol. The van der Waals surface area contributed by atoms with E-state index >= 15 is 0 Å². The molecule has 1 saturated carbocycles. The van der Waals surface area contributed by atoms with Crippen LogP contribution in [0, 0.1) is 0 Å². The molecule has 1 aliphatic heterocycles. The molecule has 1 saturated heterocycles. The van der Waals surface area contributed by atoms with Crippen molar-refractivity contribution in [3.8, 4) is 11.5 Å². The Morgan fingerprint density at radius 1 is 1.03 bits per heavy atom. The number of methoxy groups -OCH3 is 2.